The van der Waals surface area contributed by atoms with Gasteiger partial charge in [-0.25, -0.2) is 0 Å². The molecule has 5 nitrogen and oxygen atoms in total. The highest BCUT2D eigenvalue weighted by Crippen LogP contribution is 2.19. The normalized spacial score (nSPS) is 9.82. The molecule has 2 N–H and O–H groups in total. The topological polar surface area (TPSA) is 61.4 Å². The van der Waals surface area contributed by atoms with Crippen molar-refractivity contribution in [1.29, 1.82) is 0 Å². The highest BCUT2D eigenvalue weighted by Gasteiger charge is 2.13. The summed E-state index contributed by atoms with van der Waals surface area (Å²) in [7, 11) is 3.50. The molecule has 0 aliphatic carbocycles. The molecular formula is C15H23BrClN3O2. The number of anilines is 1. The van der Waals surface area contributed by atoms with E-state index in [0.717, 1.165) is 28.7 Å². The van der Waals surface area contributed by atoms with E-state index in [1.165, 1.54) is 4.90 Å². The summed E-state index contributed by atoms with van der Waals surface area (Å²) in [6.07, 6.45) is 1.22. The van der Waals surface area contributed by atoms with Crippen LogP contribution in [-0.2, 0) is 9.59 Å². The minimum atomic E-state index is -0.190. The average molecular weight is 393 g/mol. The van der Waals surface area contributed by atoms with E-state index in [9.17, 15) is 9.59 Å². The maximum absolute atomic E-state index is 12.0. The maximum atomic E-state index is 12.0. The molecule has 1 rings (SSSR count). The van der Waals surface area contributed by atoms with Crippen LogP contribution in [0.25, 0.3) is 0 Å². The smallest absolute Gasteiger partial charge is 0.243 e. The van der Waals surface area contributed by atoms with Gasteiger partial charge in [0.25, 0.3) is 0 Å². The largest absolute Gasteiger partial charge is 0.336 e. The van der Waals surface area contributed by atoms with Gasteiger partial charge in [-0.1, -0.05) is 15.9 Å². The third-order valence-electron chi connectivity index (χ3n) is 3.09. The number of halogens is 2. The highest BCUT2D eigenvalue weighted by molar-refractivity contribution is 9.10. The summed E-state index contributed by atoms with van der Waals surface area (Å²) in [6.45, 7) is 2.78. The Morgan fingerprint density at radius 3 is 2.59 bits per heavy atom. The van der Waals surface area contributed by atoms with Crippen molar-refractivity contribution in [2.24, 2.45) is 0 Å². The molecule has 0 aliphatic rings. The Hall–Kier alpha value is -1.11. The predicted octanol–water partition coefficient (Wildman–Crippen LogP) is 2.58. The summed E-state index contributed by atoms with van der Waals surface area (Å²) in [5.74, 6) is -0.210. The zero-order valence-corrected chi connectivity index (χ0v) is 15.5. The van der Waals surface area contributed by atoms with Crippen LogP contribution in [0.4, 0.5) is 5.69 Å². The average Bonchev–Trinajstić information content (AvgIpc) is 2.42. The molecule has 0 radical (unpaired) electrons. The van der Waals surface area contributed by atoms with Crippen molar-refractivity contribution >= 4 is 45.8 Å². The molecule has 0 saturated carbocycles. The number of aryl methyl sites for hydroxylation is 1. The molecule has 2 amide bonds. The van der Waals surface area contributed by atoms with E-state index in [-0.39, 0.29) is 30.8 Å². The van der Waals surface area contributed by atoms with Gasteiger partial charge in [0.2, 0.25) is 11.8 Å². The molecule has 0 aromatic heterocycles. The van der Waals surface area contributed by atoms with Crippen molar-refractivity contribution in [2.75, 3.05) is 32.5 Å². The molecule has 0 saturated heterocycles. The summed E-state index contributed by atoms with van der Waals surface area (Å²) in [6, 6.07) is 5.64. The number of nitrogens with zero attached hydrogens (tertiary/aromatic N) is 1. The van der Waals surface area contributed by atoms with Crippen LogP contribution in [0.5, 0.6) is 0 Å². The second-order valence-electron chi connectivity index (χ2n) is 4.96. The van der Waals surface area contributed by atoms with Crippen LogP contribution in [0.1, 0.15) is 18.4 Å². The number of rotatable bonds is 7. The second-order valence-corrected chi connectivity index (χ2v) is 5.88. The van der Waals surface area contributed by atoms with Gasteiger partial charge in [-0.2, -0.15) is 0 Å². The highest BCUT2D eigenvalue weighted by atomic mass is 79.9. The van der Waals surface area contributed by atoms with Crippen molar-refractivity contribution in [1.82, 2.24) is 10.2 Å². The quantitative estimate of drug-likeness (QED) is 0.701. The second kappa shape index (κ2) is 10.6. The van der Waals surface area contributed by atoms with Crippen LogP contribution in [0.2, 0.25) is 0 Å². The lowest BCUT2D eigenvalue weighted by atomic mass is 10.2. The number of carbonyl (C=O) groups is 2. The molecule has 124 valence electrons. The summed E-state index contributed by atoms with van der Waals surface area (Å²) < 4.78 is 0.967. The Bertz CT molecular complexity index is 512. The Morgan fingerprint density at radius 1 is 1.32 bits per heavy atom. The van der Waals surface area contributed by atoms with Crippen LogP contribution in [0.15, 0.2) is 22.7 Å². The standard InChI is InChI=1S/C15H22BrN3O2.ClH/c1-11-9-12(16)6-7-13(11)18-14(20)10-19(3)15(21)5-4-8-17-2;/h6-7,9,17H,4-5,8,10H2,1-3H3,(H,18,20);1H. The molecule has 0 heterocycles. The molecule has 0 bridgehead atoms. The fourth-order valence-electron chi connectivity index (χ4n) is 1.87. The number of carbonyl (C=O) groups excluding carboxylic acids is 2. The van der Waals surface area contributed by atoms with E-state index in [1.54, 1.807) is 7.05 Å². The number of likely N-dealkylation sites (N-methyl/N-ethyl adjacent to an activating group) is 1. The monoisotopic (exact) mass is 391 g/mol. The number of hydrogen-bond acceptors (Lipinski definition) is 3. The van der Waals surface area contributed by atoms with Crippen LogP contribution in [-0.4, -0.2) is 43.9 Å². The van der Waals surface area contributed by atoms with E-state index >= 15 is 0 Å². The first kappa shape index (κ1) is 20.9. The van der Waals surface area contributed by atoms with Crippen molar-refractivity contribution in [3.05, 3.63) is 28.2 Å². The third kappa shape index (κ3) is 7.24. The van der Waals surface area contributed by atoms with Gasteiger partial charge in [-0.3, -0.25) is 9.59 Å². The Balaban J connectivity index is 0.00000441. The van der Waals surface area contributed by atoms with Crippen LogP contribution in [0, 0.1) is 6.92 Å². The lowest BCUT2D eigenvalue weighted by molar-refractivity contribution is -0.133. The van der Waals surface area contributed by atoms with Gasteiger partial charge in [0.15, 0.2) is 0 Å². The summed E-state index contributed by atoms with van der Waals surface area (Å²) >= 11 is 3.38. The number of hydrogen-bond donors (Lipinski definition) is 2. The fourth-order valence-corrected chi connectivity index (χ4v) is 2.34. The molecular weight excluding hydrogens is 370 g/mol. The lowest BCUT2D eigenvalue weighted by Crippen LogP contribution is -2.35. The van der Waals surface area contributed by atoms with Gasteiger partial charge in [-0.15, -0.1) is 12.4 Å². The van der Waals surface area contributed by atoms with Gasteiger partial charge in [0.05, 0.1) is 6.54 Å². The fraction of sp³-hybridized carbons (Fsp3) is 0.467. The molecule has 7 heteroatoms. The third-order valence-corrected chi connectivity index (χ3v) is 3.58. The van der Waals surface area contributed by atoms with Crippen molar-refractivity contribution in [3.63, 3.8) is 0 Å². The van der Waals surface area contributed by atoms with Gasteiger partial charge in [0.1, 0.15) is 0 Å². The molecule has 0 atom stereocenters. The molecule has 1 aromatic carbocycles. The van der Waals surface area contributed by atoms with Crippen LogP contribution in [0.3, 0.4) is 0 Å². The zero-order chi connectivity index (χ0) is 15.8. The number of amides is 2. The maximum Gasteiger partial charge on any atom is 0.243 e. The number of nitrogens with one attached hydrogen (secondary N) is 2. The van der Waals surface area contributed by atoms with Gasteiger partial charge >= 0.3 is 0 Å². The van der Waals surface area contributed by atoms with Gasteiger partial charge in [-0.05, 0) is 50.7 Å². The zero-order valence-electron chi connectivity index (χ0n) is 13.1. The summed E-state index contributed by atoms with van der Waals surface area (Å²) in [5.41, 5.74) is 1.74. The minimum absolute atomic E-state index is 0. The van der Waals surface area contributed by atoms with Crippen molar-refractivity contribution in [3.8, 4) is 0 Å². The van der Waals surface area contributed by atoms with E-state index < -0.39 is 0 Å². The molecule has 0 unspecified atom stereocenters. The van der Waals surface area contributed by atoms with E-state index in [2.05, 4.69) is 26.6 Å². The van der Waals surface area contributed by atoms with E-state index in [1.807, 2.05) is 32.2 Å². The summed E-state index contributed by atoms with van der Waals surface area (Å²) in [4.78, 5) is 25.3. The molecule has 22 heavy (non-hydrogen) atoms. The first-order chi connectivity index (χ1) is 9.93. The summed E-state index contributed by atoms with van der Waals surface area (Å²) in [5, 5.41) is 5.82. The van der Waals surface area contributed by atoms with Crippen LogP contribution < -0.4 is 10.6 Å². The molecule has 0 fully saturated rings. The molecule has 0 spiro atoms. The first-order valence-electron chi connectivity index (χ1n) is 6.88. The SMILES string of the molecule is CNCCCC(=O)N(C)CC(=O)Nc1ccc(Br)cc1C.Cl. The Labute approximate surface area is 146 Å². The van der Waals surface area contributed by atoms with Gasteiger partial charge < -0.3 is 15.5 Å². The Kier molecular flexibility index (Phi) is 10.1. The van der Waals surface area contributed by atoms with Gasteiger partial charge in [0, 0.05) is 23.6 Å². The van der Waals surface area contributed by atoms with E-state index in [4.69, 9.17) is 0 Å². The molecule has 1 aromatic rings. The predicted molar refractivity (Wildman–Crippen MR) is 95.6 cm³/mol. The number of benzene rings is 1. The molecule has 0 aliphatic heterocycles. The van der Waals surface area contributed by atoms with E-state index in [0.29, 0.717) is 6.42 Å². The van der Waals surface area contributed by atoms with Crippen molar-refractivity contribution in [2.45, 2.75) is 19.8 Å². The van der Waals surface area contributed by atoms with Crippen LogP contribution >= 0.6 is 28.3 Å². The Morgan fingerprint density at radius 2 is 2.00 bits per heavy atom. The minimum Gasteiger partial charge on any atom is -0.336 e. The first-order valence-corrected chi connectivity index (χ1v) is 7.68. The van der Waals surface area contributed by atoms with Crippen molar-refractivity contribution < 1.29 is 9.59 Å². The lowest BCUT2D eigenvalue weighted by Gasteiger charge is -2.17.